The van der Waals surface area contributed by atoms with Crippen LogP contribution in [0.1, 0.15) is 12.8 Å². The minimum atomic E-state index is -0.159. The van der Waals surface area contributed by atoms with Gasteiger partial charge in [-0.25, -0.2) is 0 Å². The van der Waals surface area contributed by atoms with Gasteiger partial charge in [0.15, 0.2) is 0 Å². The van der Waals surface area contributed by atoms with Crippen LogP contribution in [0.2, 0.25) is 0 Å². The minimum absolute atomic E-state index is 0.154. The fraction of sp³-hybridized carbons (Fsp3) is 0.889. The van der Waals surface area contributed by atoms with Gasteiger partial charge in [-0.1, -0.05) is 0 Å². The second-order valence-corrected chi connectivity index (χ2v) is 3.63. The van der Waals surface area contributed by atoms with Gasteiger partial charge >= 0.3 is 5.97 Å². The van der Waals surface area contributed by atoms with Crippen LogP contribution in [0.25, 0.3) is 0 Å². The van der Waals surface area contributed by atoms with Crippen LogP contribution in [0, 0.1) is 0 Å². The van der Waals surface area contributed by atoms with Crippen LogP contribution < -0.4 is 5.32 Å². The third-order valence-electron chi connectivity index (χ3n) is 2.54. The standard InChI is InChI=1S/C9H18N2O2/c1-11(2)7-5-4-6-10-8(7)9(12)13-3/h7-8,10H,4-6H2,1-3H3. The number of piperidine rings is 1. The molecule has 0 radical (unpaired) electrons. The molecule has 0 amide bonds. The summed E-state index contributed by atoms with van der Waals surface area (Å²) in [5.41, 5.74) is 0. The molecule has 1 rings (SSSR count). The van der Waals surface area contributed by atoms with Gasteiger partial charge in [-0.2, -0.15) is 0 Å². The smallest absolute Gasteiger partial charge is 0.324 e. The van der Waals surface area contributed by atoms with E-state index < -0.39 is 0 Å². The van der Waals surface area contributed by atoms with Gasteiger partial charge in [0.2, 0.25) is 0 Å². The monoisotopic (exact) mass is 186 g/mol. The Kier molecular flexibility index (Phi) is 3.69. The third-order valence-corrected chi connectivity index (χ3v) is 2.54. The van der Waals surface area contributed by atoms with Crippen LogP contribution in [-0.2, 0) is 9.53 Å². The lowest BCUT2D eigenvalue weighted by Gasteiger charge is -2.34. The predicted octanol–water partition coefficient (Wildman–Crippen LogP) is -0.158. The number of hydrogen-bond acceptors (Lipinski definition) is 4. The van der Waals surface area contributed by atoms with E-state index in [0.29, 0.717) is 0 Å². The van der Waals surface area contributed by atoms with E-state index in [4.69, 9.17) is 4.74 Å². The van der Waals surface area contributed by atoms with E-state index in [9.17, 15) is 4.79 Å². The molecule has 13 heavy (non-hydrogen) atoms. The van der Waals surface area contributed by atoms with E-state index in [1.165, 1.54) is 7.11 Å². The molecule has 0 aliphatic carbocycles. The Morgan fingerprint density at radius 1 is 1.54 bits per heavy atom. The highest BCUT2D eigenvalue weighted by molar-refractivity contribution is 5.76. The normalized spacial score (nSPS) is 28.9. The zero-order valence-corrected chi connectivity index (χ0v) is 8.54. The lowest BCUT2D eigenvalue weighted by atomic mass is 9.97. The summed E-state index contributed by atoms with van der Waals surface area (Å²) in [5.74, 6) is -0.154. The van der Waals surface area contributed by atoms with Gasteiger partial charge in [0.05, 0.1) is 7.11 Å². The maximum Gasteiger partial charge on any atom is 0.324 e. The van der Waals surface area contributed by atoms with Crippen LogP contribution in [0.5, 0.6) is 0 Å². The molecule has 0 aromatic heterocycles. The lowest BCUT2D eigenvalue weighted by Crippen LogP contribution is -2.55. The largest absolute Gasteiger partial charge is 0.468 e. The van der Waals surface area contributed by atoms with E-state index in [0.717, 1.165) is 19.4 Å². The zero-order valence-electron chi connectivity index (χ0n) is 8.54. The molecule has 0 aromatic carbocycles. The molecule has 4 nitrogen and oxygen atoms in total. The molecule has 0 saturated carbocycles. The van der Waals surface area contributed by atoms with Gasteiger partial charge in [-0.15, -0.1) is 0 Å². The molecule has 2 atom stereocenters. The van der Waals surface area contributed by atoms with Crippen molar-refractivity contribution in [2.75, 3.05) is 27.7 Å². The van der Waals surface area contributed by atoms with Crippen molar-refractivity contribution in [1.82, 2.24) is 10.2 Å². The summed E-state index contributed by atoms with van der Waals surface area (Å²) in [7, 11) is 5.42. The Labute approximate surface area is 79.2 Å². The number of carbonyl (C=O) groups excluding carboxylic acids is 1. The van der Waals surface area contributed by atoms with Crippen molar-refractivity contribution in [1.29, 1.82) is 0 Å². The summed E-state index contributed by atoms with van der Waals surface area (Å²) in [6.07, 6.45) is 2.18. The first-order valence-electron chi connectivity index (χ1n) is 4.64. The topological polar surface area (TPSA) is 41.6 Å². The number of methoxy groups -OCH3 is 1. The highest BCUT2D eigenvalue weighted by Gasteiger charge is 2.32. The summed E-state index contributed by atoms with van der Waals surface area (Å²) in [6, 6.07) is 0.106. The van der Waals surface area contributed by atoms with Crippen molar-refractivity contribution < 1.29 is 9.53 Å². The van der Waals surface area contributed by atoms with Crippen LogP contribution in [0.4, 0.5) is 0 Å². The van der Waals surface area contributed by atoms with E-state index in [1.807, 2.05) is 14.1 Å². The van der Waals surface area contributed by atoms with Gasteiger partial charge in [-0.05, 0) is 33.5 Å². The van der Waals surface area contributed by atoms with Gasteiger partial charge in [0.1, 0.15) is 6.04 Å². The van der Waals surface area contributed by atoms with Gasteiger partial charge in [0.25, 0.3) is 0 Å². The van der Waals surface area contributed by atoms with Crippen LogP contribution in [0.3, 0.4) is 0 Å². The van der Waals surface area contributed by atoms with Crippen LogP contribution in [-0.4, -0.2) is 50.7 Å². The molecule has 1 aliphatic heterocycles. The lowest BCUT2D eigenvalue weighted by molar-refractivity contribution is -0.145. The molecule has 2 unspecified atom stereocenters. The van der Waals surface area contributed by atoms with Crippen molar-refractivity contribution in [2.45, 2.75) is 24.9 Å². The Bertz CT molecular complexity index is 182. The number of hydrogen-bond donors (Lipinski definition) is 1. The number of esters is 1. The molecule has 0 aromatic rings. The highest BCUT2D eigenvalue weighted by Crippen LogP contribution is 2.14. The summed E-state index contributed by atoms with van der Waals surface area (Å²) in [5, 5.41) is 3.18. The zero-order chi connectivity index (χ0) is 9.84. The summed E-state index contributed by atoms with van der Waals surface area (Å²) in [6.45, 7) is 0.907. The van der Waals surface area contributed by atoms with E-state index in [2.05, 4.69) is 10.2 Å². The number of likely N-dealkylation sites (N-methyl/N-ethyl adjacent to an activating group) is 1. The average Bonchev–Trinajstić information content (AvgIpc) is 2.16. The van der Waals surface area contributed by atoms with Crippen molar-refractivity contribution in [3.8, 4) is 0 Å². The van der Waals surface area contributed by atoms with Gasteiger partial charge in [-0.3, -0.25) is 4.79 Å². The first-order valence-corrected chi connectivity index (χ1v) is 4.64. The molecule has 1 saturated heterocycles. The number of nitrogens with zero attached hydrogens (tertiary/aromatic N) is 1. The van der Waals surface area contributed by atoms with Gasteiger partial charge in [0, 0.05) is 6.04 Å². The number of rotatable bonds is 2. The maximum atomic E-state index is 11.4. The number of nitrogens with one attached hydrogen (secondary N) is 1. The Morgan fingerprint density at radius 3 is 2.77 bits per heavy atom. The maximum absolute atomic E-state index is 11.4. The fourth-order valence-electron chi connectivity index (χ4n) is 1.80. The molecule has 1 aliphatic rings. The van der Waals surface area contributed by atoms with Crippen LogP contribution in [0.15, 0.2) is 0 Å². The van der Waals surface area contributed by atoms with Crippen molar-refractivity contribution in [3.05, 3.63) is 0 Å². The van der Waals surface area contributed by atoms with Crippen molar-refractivity contribution in [3.63, 3.8) is 0 Å². The SMILES string of the molecule is COC(=O)C1NCCCC1N(C)C. The quantitative estimate of drug-likeness (QED) is 0.609. The Hall–Kier alpha value is -0.610. The number of carbonyl (C=O) groups is 1. The molecule has 76 valence electrons. The second-order valence-electron chi connectivity index (χ2n) is 3.63. The molecule has 1 heterocycles. The van der Waals surface area contributed by atoms with Crippen molar-refractivity contribution in [2.24, 2.45) is 0 Å². The Balaban J connectivity index is 2.61. The Morgan fingerprint density at radius 2 is 2.23 bits per heavy atom. The number of ether oxygens (including phenoxy) is 1. The predicted molar refractivity (Wildman–Crippen MR) is 50.5 cm³/mol. The molecule has 1 N–H and O–H groups in total. The average molecular weight is 186 g/mol. The molecule has 4 heteroatoms. The first-order chi connectivity index (χ1) is 6.16. The highest BCUT2D eigenvalue weighted by atomic mass is 16.5. The van der Waals surface area contributed by atoms with E-state index in [-0.39, 0.29) is 18.1 Å². The summed E-state index contributed by atoms with van der Waals surface area (Å²) >= 11 is 0. The van der Waals surface area contributed by atoms with Crippen LogP contribution >= 0.6 is 0 Å². The summed E-state index contributed by atoms with van der Waals surface area (Å²) in [4.78, 5) is 13.4. The fourth-order valence-corrected chi connectivity index (χ4v) is 1.80. The van der Waals surface area contributed by atoms with Gasteiger partial charge < -0.3 is 15.0 Å². The first kappa shape index (κ1) is 10.5. The molecule has 0 spiro atoms. The molecular formula is C9H18N2O2. The molecule has 1 fully saturated rings. The van der Waals surface area contributed by atoms with E-state index in [1.54, 1.807) is 0 Å². The van der Waals surface area contributed by atoms with Crippen molar-refractivity contribution >= 4 is 5.97 Å². The molecule has 0 bridgehead atoms. The summed E-state index contributed by atoms with van der Waals surface area (Å²) < 4.78 is 4.74. The van der Waals surface area contributed by atoms with E-state index >= 15 is 0 Å². The minimum Gasteiger partial charge on any atom is -0.468 e. The molecular weight excluding hydrogens is 168 g/mol. The third kappa shape index (κ3) is 2.42. The second kappa shape index (κ2) is 4.58.